The lowest BCUT2D eigenvalue weighted by molar-refractivity contribution is -0.234. The van der Waals surface area contributed by atoms with Crippen molar-refractivity contribution in [2.75, 3.05) is 0 Å². The quantitative estimate of drug-likeness (QED) is 0.638. The number of hydrogen-bond donors (Lipinski definition) is 0. The molecule has 0 aromatic carbocycles. The smallest absolute Gasteiger partial charge is 0.305 e. The Morgan fingerprint density at radius 2 is 2.25 bits per heavy atom. The van der Waals surface area contributed by atoms with E-state index in [0.717, 1.165) is 12.1 Å². The van der Waals surface area contributed by atoms with E-state index in [4.69, 9.17) is 9.57 Å². The molecule has 88 valence electrons. The van der Waals surface area contributed by atoms with E-state index < -0.39 is 5.79 Å². The zero-order valence-electron chi connectivity index (χ0n) is 10.1. The van der Waals surface area contributed by atoms with Crippen molar-refractivity contribution in [2.45, 2.75) is 39.9 Å². The summed E-state index contributed by atoms with van der Waals surface area (Å²) in [5, 5.41) is 4.03. The lowest BCUT2D eigenvalue weighted by atomic mass is 9.86. The van der Waals surface area contributed by atoms with E-state index in [2.05, 4.69) is 19.0 Å². The predicted octanol–water partition coefficient (Wildman–Crippen LogP) is 1.94. The fourth-order valence-corrected chi connectivity index (χ4v) is 3.79. The van der Waals surface area contributed by atoms with Gasteiger partial charge in [-0.1, -0.05) is 19.0 Å². The van der Waals surface area contributed by atoms with Gasteiger partial charge in [0.1, 0.15) is 0 Å². The van der Waals surface area contributed by atoms with E-state index in [1.807, 2.05) is 6.92 Å². The van der Waals surface area contributed by atoms with Crippen molar-refractivity contribution < 1.29 is 14.4 Å². The molecule has 2 fully saturated rings. The first kappa shape index (κ1) is 10.1. The van der Waals surface area contributed by atoms with Gasteiger partial charge in [-0.2, -0.15) is 0 Å². The normalized spacial score (nSPS) is 46.5. The zero-order chi connectivity index (χ0) is 11.7. The highest BCUT2D eigenvalue weighted by molar-refractivity contribution is 5.88. The molecule has 0 N–H and O–H groups in total. The average Bonchev–Trinajstić information content (AvgIpc) is 2.50. The second-order valence-electron chi connectivity index (χ2n) is 5.86. The molecule has 4 heteroatoms. The van der Waals surface area contributed by atoms with Gasteiger partial charge in [0.15, 0.2) is 0 Å². The molecule has 0 aromatic heterocycles. The molecule has 0 radical (unpaired) electrons. The molecule has 0 saturated heterocycles. The number of esters is 1. The third kappa shape index (κ3) is 1.00. The first-order valence-electron chi connectivity index (χ1n) is 5.81. The van der Waals surface area contributed by atoms with Gasteiger partial charge in [0.2, 0.25) is 0 Å². The van der Waals surface area contributed by atoms with Gasteiger partial charge in [0.25, 0.3) is 5.79 Å². The molecular formula is C12H17NO3. The zero-order valence-corrected chi connectivity index (χ0v) is 10.1. The monoisotopic (exact) mass is 223 g/mol. The van der Waals surface area contributed by atoms with Gasteiger partial charge in [0, 0.05) is 13.3 Å². The third-order valence-electron chi connectivity index (χ3n) is 4.59. The van der Waals surface area contributed by atoms with E-state index >= 15 is 0 Å². The molecule has 3 rings (SSSR count). The first-order chi connectivity index (χ1) is 7.38. The Bertz CT molecular complexity index is 401. The average molecular weight is 223 g/mol. The maximum Gasteiger partial charge on any atom is 0.305 e. The van der Waals surface area contributed by atoms with Crippen molar-refractivity contribution in [2.24, 2.45) is 28.3 Å². The molecule has 2 saturated carbocycles. The highest BCUT2D eigenvalue weighted by atomic mass is 16.8. The molecule has 4 atom stereocenters. The van der Waals surface area contributed by atoms with Crippen molar-refractivity contribution in [3.05, 3.63) is 0 Å². The van der Waals surface area contributed by atoms with Crippen LogP contribution in [0.1, 0.15) is 34.1 Å². The van der Waals surface area contributed by atoms with Gasteiger partial charge in [-0.3, -0.25) is 4.79 Å². The van der Waals surface area contributed by atoms with Crippen LogP contribution in [0.5, 0.6) is 0 Å². The SMILES string of the molecule is CC(=O)O[C@]12C[C@@H]3[C@@H]([C@@H]1C(C)=NO2)C3(C)C. The molecule has 0 amide bonds. The Labute approximate surface area is 95.0 Å². The second-order valence-corrected chi connectivity index (χ2v) is 5.86. The van der Waals surface area contributed by atoms with Crippen molar-refractivity contribution in [3.63, 3.8) is 0 Å². The van der Waals surface area contributed by atoms with Gasteiger partial charge >= 0.3 is 5.97 Å². The Morgan fingerprint density at radius 1 is 1.56 bits per heavy atom. The molecule has 0 bridgehead atoms. The summed E-state index contributed by atoms with van der Waals surface area (Å²) in [7, 11) is 0. The third-order valence-corrected chi connectivity index (χ3v) is 4.59. The first-order valence-corrected chi connectivity index (χ1v) is 5.81. The molecule has 4 nitrogen and oxygen atoms in total. The van der Waals surface area contributed by atoms with Crippen LogP contribution < -0.4 is 0 Å². The van der Waals surface area contributed by atoms with Crippen LogP contribution in [0.3, 0.4) is 0 Å². The van der Waals surface area contributed by atoms with Crippen molar-refractivity contribution in [3.8, 4) is 0 Å². The maximum absolute atomic E-state index is 11.2. The number of nitrogens with zero attached hydrogens (tertiary/aromatic N) is 1. The van der Waals surface area contributed by atoms with Gasteiger partial charge in [-0.25, -0.2) is 0 Å². The Hall–Kier alpha value is -1.06. The fourth-order valence-electron chi connectivity index (χ4n) is 3.79. The van der Waals surface area contributed by atoms with Crippen LogP contribution in [-0.2, 0) is 14.4 Å². The molecule has 0 unspecified atom stereocenters. The summed E-state index contributed by atoms with van der Waals surface area (Å²) in [6.07, 6.45) is 0.787. The molecule has 3 aliphatic rings. The summed E-state index contributed by atoms with van der Waals surface area (Å²) >= 11 is 0. The van der Waals surface area contributed by atoms with E-state index in [-0.39, 0.29) is 11.9 Å². The molecule has 2 aliphatic carbocycles. The number of fused-ring (bicyclic) bond motifs is 3. The Balaban J connectivity index is 1.92. The van der Waals surface area contributed by atoms with Crippen molar-refractivity contribution >= 4 is 11.7 Å². The summed E-state index contributed by atoms with van der Waals surface area (Å²) in [5.41, 5.74) is 1.32. The van der Waals surface area contributed by atoms with E-state index in [1.54, 1.807) is 0 Å². The molecule has 0 aromatic rings. The maximum atomic E-state index is 11.2. The summed E-state index contributed by atoms with van der Waals surface area (Å²) < 4.78 is 5.41. The largest absolute Gasteiger partial charge is 0.420 e. The minimum Gasteiger partial charge on any atom is -0.420 e. The molecule has 16 heavy (non-hydrogen) atoms. The fraction of sp³-hybridized carbons (Fsp3) is 0.833. The Morgan fingerprint density at radius 3 is 2.88 bits per heavy atom. The van der Waals surface area contributed by atoms with Gasteiger partial charge in [-0.05, 0) is 24.2 Å². The minimum atomic E-state index is -0.777. The molecule has 1 heterocycles. The minimum absolute atomic E-state index is 0.163. The lowest BCUT2D eigenvalue weighted by Gasteiger charge is -2.30. The number of carbonyl (C=O) groups is 1. The van der Waals surface area contributed by atoms with Gasteiger partial charge < -0.3 is 9.57 Å². The van der Waals surface area contributed by atoms with Crippen LogP contribution in [-0.4, -0.2) is 17.5 Å². The number of oxime groups is 1. The predicted molar refractivity (Wildman–Crippen MR) is 57.6 cm³/mol. The summed E-state index contributed by atoms with van der Waals surface area (Å²) in [6, 6.07) is 0. The number of carbonyl (C=O) groups excluding carboxylic acids is 1. The number of hydrogen-bond acceptors (Lipinski definition) is 4. The lowest BCUT2D eigenvalue weighted by Crippen LogP contribution is -2.42. The van der Waals surface area contributed by atoms with E-state index in [0.29, 0.717) is 17.3 Å². The van der Waals surface area contributed by atoms with E-state index in [9.17, 15) is 4.79 Å². The van der Waals surface area contributed by atoms with Crippen LogP contribution in [0, 0.1) is 23.2 Å². The molecular weight excluding hydrogens is 206 g/mol. The standard InChI is InChI=1S/C12H17NO3/c1-6-9-10-8(11(10,3)4)5-12(9,16-13-6)15-7(2)14/h8-10H,5H2,1-4H3/t8-,9+,10+,12+/m1/s1. The van der Waals surface area contributed by atoms with Crippen LogP contribution in [0.4, 0.5) is 0 Å². The summed E-state index contributed by atoms with van der Waals surface area (Å²) in [5.74, 6) is 0.256. The highest BCUT2D eigenvalue weighted by Crippen LogP contribution is 2.73. The van der Waals surface area contributed by atoms with Crippen LogP contribution in [0.15, 0.2) is 5.16 Å². The van der Waals surface area contributed by atoms with Crippen molar-refractivity contribution in [1.82, 2.24) is 0 Å². The van der Waals surface area contributed by atoms with Crippen molar-refractivity contribution in [1.29, 1.82) is 0 Å². The highest BCUT2D eigenvalue weighted by Gasteiger charge is 2.77. The Kier molecular flexibility index (Phi) is 1.65. The van der Waals surface area contributed by atoms with Crippen LogP contribution in [0.25, 0.3) is 0 Å². The summed E-state index contributed by atoms with van der Waals surface area (Å²) in [4.78, 5) is 16.6. The summed E-state index contributed by atoms with van der Waals surface area (Å²) in [6.45, 7) is 7.93. The van der Waals surface area contributed by atoms with Gasteiger partial charge in [-0.15, -0.1) is 0 Å². The topological polar surface area (TPSA) is 47.9 Å². The molecule has 1 aliphatic heterocycles. The molecule has 0 spiro atoms. The van der Waals surface area contributed by atoms with E-state index in [1.165, 1.54) is 6.92 Å². The van der Waals surface area contributed by atoms with Gasteiger partial charge in [0.05, 0.1) is 11.6 Å². The number of rotatable bonds is 1. The second kappa shape index (κ2) is 2.60. The number of ether oxygens (including phenoxy) is 1. The van der Waals surface area contributed by atoms with Crippen LogP contribution in [0.2, 0.25) is 0 Å². The van der Waals surface area contributed by atoms with Crippen LogP contribution >= 0.6 is 0 Å².